The molecule has 0 atom stereocenters. The van der Waals surface area contributed by atoms with Gasteiger partial charge in [0, 0.05) is 12.5 Å². The van der Waals surface area contributed by atoms with E-state index in [2.05, 4.69) is 42.6 Å². The number of nitrogens with zero attached hydrogens (tertiary/aromatic N) is 2. The van der Waals surface area contributed by atoms with Gasteiger partial charge in [-0.1, -0.05) is 19.9 Å². The maximum absolute atomic E-state index is 5.78. The zero-order valence-electron chi connectivity index (χ0n) is 12.5. The van der Waals surface area contributed by atoms with Gasteiger partial charge in [-0.15, -0.1) is 6.58 Å². The van der Waals surface area contributed by atoms with Crippen molar-refractivity contribution in [2.45, 2.75) is 46.5 Å². The summed E-state index contributed by atoms with van der Waals surface area (Å²) in [6.45, 7) is 13.4. The first kappa shape index (κ1) is 15.5. The molecule has 0 unspecified atom stereocenters. The maximum Gasteiger partial charge on any atom is 0.221 e. The molecule has 0 aliphatic carbocycles. The van der Waals surface area contributed by atoms with Gasteiger partial charge < -0.3 is 10.1 Å². The summed E-state index contributed by atoms with van der Waals surface area (Å²) >= 11 is 0. The molecule has 1 N–H and O–H groups in total. The number of ether oxygens (including phenoxy) is 1. The third kappa shape index (κ3) is 4.54. The predicted molar refractivity (Wildman–Crippen MR) is 79.9 cm³/mol. The number of hydrogen-bond acceptors (Lipinski definition) is 4. The molecule has 0 saturated carbocycles. The molecule has 0 aliphatic rings. The minimum atomic E-state index is 0.286. The number of rotatable bonds is 8. The van der Waals surface area contributed by atoms with Crippen molar-refractivity contribution in [1.29, 1.82) is 0 Å². The first-order chi connectivity index (χ1) is 9.10. The summed E-state index contributed by atoms with van der Waals surface area (Å²) in [5.74, 6) is 2.67. The summed E-state index contributed by atoms with van der Waals surface area (Å²) in [6.07, 6.45) is 3.82. The molecule has 19 heavy (non-hydrogen) atoms. The van der Waals surface area contributed by atoms with E-state index in [0.29, 0.717) is 12.5 Å². The van der Waals surface area contributed by atoms with Crippen LogP contribution in [0.1, 0.15) is 50.9 Å². The van der Waals surface area contributed by atoms with E-state index >= 15 is 0 Å². The van der Waals surface area contributed by atoms with Gasteiger partial charge in [-0.25, -0.2) is 4.98 Å². The van der Waals surface area contributed by atoms with Crippen LogP contribution in [0.2, 0.25) is 0 Å². The largest absolute Gasteiger partial charge is 0.477 e. The average molecular weight is 263 g/mol. The molecular weight excluding hydrogens is 238 g/mol. The van der Waals surface area contributed by atoms with Gasteiger partial charge in [-0.2, -0.15) is 4.98 Å². The molecule has 0 aliphatic heterocycles. The number of hydrogen-bond donors (Lipinski definition) is 1. The van der Waals surface area contributed by atoms with Gasteiger partial charge in [0.25, 0.3) is 0 Å². The van der Waals surface area contributed by atoms with Crippen LogP contribution in [0.5, 0.6) is 5.88 Å². The molecule has 0 spiro atoms. The van der Waals surface area contributed by atoms with Gasteiger partial charge in [0.15, 0.2) is 0 Å². The van der Waals surface area contributed by atoms with Crippen molar-refractivity contribution >= 4 is 5.82 Å². The fourth-order valence-electron chi connectivity index (χ4n) is 1.65. The van der Waals surface area contributed by atoms with E-state index < -0.39 is 0 Å². The van der Waals surface area contributed by atoms with E-state index in [4.69, 9.17) is 4.74 Å². The molecule has 0 aromatic carbocycles. The minimum absolute atomic E-state index is 0.286. The third-order valence-corrected chi connectivity index (χ3v) is 2.77. The van der Waals surface area contributed by atoms with E-state index in [-0.39, 0.29) is 5.92 Å². The SMILES string of the molecule is C=CCCCOc1nc(C(C)C)nc(NCC)c1C. The van der Waals surface area contributed by atoms with Crippen LogP contribution in [-0.2, 0) is 0 Å². The monoisotopic (exact) mass is 263 g/mol. The van der Waals surface area contributed by atoms with Gasteiger partial charge in [-0.05, 0) is 26.7 Å². The second-order valence-electron chi connectivity index (χ2n) is 4.82. The van der Waals surface area contributed by atoms with Gasteiger partial charge in [0.05, 0.1) is 12.2 Å². The highest BCUT2D eigenvalue weighted by atomic mass is 16.5. The summed E-state index contributed by atoms with van der Waals surface area (Å²) in [5.41, 5.74) is 0.977. The topological polar surface area (TPSA) is 47.0 Å². The van der Waals surface area contributed by atoms with Crippen molar-refractivity contribution in [3.05, 3.63) is 24.0 Å². The van der Waals surface area contributed by atoms with E-state index in [1.54, 1.807) is 0 Å². The molecule has 4 nitrogen and oxygen atoms in total. The van der Waals surface area contributed by atoms with Crippen LogP contribution in [0, 0.1) is 6.92 Å². The van der Waals surface area contributed by atoms with Crippen molar-refractivity contribution in [3.8, 4) is 5.88 Å². The van der Waals surface area contributed by atoms with Gasteiger partial charge in [-0.3, -0.25) is 0 Å². The van der Waals surface area contributed by atoms with Crippen LogP contribution < -0.4 is 10.1 Å². The highest BCUT2D eigenvalue weighted by Crippen LogP contribution is 2.24. The maximum atomic E-state index is 5.78. The van der Waals surface area contributed by atoms with Crippen molar-refractivity contribution in [1.82, 2.24) is 9.97 Å². The Morgan fingerprint density at radius 1 is 1.37 bits per heavy atom. The first-order valence-electron chi connectivity index (χ1n) is 6.96. The molecule has 0 bridgehead atoms. The molecule has 1 heterocycles. The summed E-state index contributed by atoms with van der Waals surface area (Å²) < 4.78 is 5.78. The molecular formula is C15H25N3O. The Bertz CT molecular complexity index is 416. The number of aromatic nitrogens is 2. The van der Waals surface area contributed by atoms with E-state index in [1.807, 2.05) is 13.0 Å². The molecule has 0 saturated heterocycles. The summed E-state index contributed by atoms with van der Waals surface area (Å²) in [5, 5.41) is 3.27. The standard InChI is InChI=1S/C15H25N3O/c1-6-8-9-10-19-15-12(5)14(16-7-2)17-13(18-15)11(3)4/h6,11H,1,7-10H2,2-5H3,(H,16,17,18). The minimum Gasteiger partial charge on any atom is -0.477 e. The summed E-state index contributed by atoms with van der Waals surface area (Å²) in [7, 11) is 0. The zero-order valence-corrected chi connectivity index (χ0v) is 12.5. The molecule has 1 aromatic heterocycles. The van der Waals surface area contributed by atoms with Crippen molar-refractivity contribution in [2.24, 2.45) is 0 Å². The van der Waals surface area contributed by atoms with E-state index in [9.17, 15) is 0 Å². The van der Waals surface area contributed by atoms with E-state index in [0.717, 1.165) is 36.6 Å². The van der Waals surface area contributed by atoms with Gasteiger partial charge in [0.2, 0.25) is 5.88 Å². The summed E-state index contributed by atoms with van der Waals surface area (Å²) in [6, 6.07) is 0. The van der Waals surface area contributed by atoms with Crippen molar-refractivity contribution in [3.63, 3.8) is 0 Å². The molecule has 4 heteroatoms. The molecule has 1 aromatic rings. The van der Waals surface area contributed by atoms with E-state index in [1.165, 1.54) is 0 Å². The Morgan fingerprint density at radius 2 is 2.11 bits per heavy atom. The Kier molecular flexibility index (Phi) is 6.33. The lowest BCUT2D eigenvalue weighted by atomic mass is 10.2. The van der Waals surface area contributed by atoms with Crippen LogP contribution in [0.15, 0.2) is 12.7 Å². The fraction of sp³-hybridized carbons (Fsp3) is 0.600. The molecule has 0 fully saturated rings. The summed E-state index contributed by atoms with van der Waals surface area (Å²) in [4.78, 5) is 9.06. The highest BCUT2D eigenvalue weighted by Gasteiger charge is 2.13. The molecule has 1 rings (SSSR count). The van der Waals surface area contributed by atoms with Gasteiger partial charge in [0.1, 0.15) is 11.6 Å². The molecule has 0 amide bonds. The molecule has 106 valence electrons. The highest BCUT2D eigenvalue weighted by molar-refractivity contribution is 5.48. The van der Waals surface area contributed by atoms with Crippen LogP contribution in [0.4, 0.5) is 5.82 Å². The Hall–Kier alpha value is -1.58. The third-order valence-electron chi connectivity index (χ3n) is 2.77. The van der Waals surface area contributed by atoms with Gasteiger partial charge >= 0.3 is 0 Å². The first-order valence-corrected chi connectivity index (χ1v) is 6.96. The number of allylic oxidation sites excluding steroid dienone is 1. The van der Waals surface area contributed by atoms with Crippen LogP contribution >= 0.6 is 0 Å². The number of anilines is 1. The van der Waals surface area contributed by atoms with Crippen LogP contribution in [-0.4, -0.2) is 23.1 Å². The lowest BCUT2D eigenvalue weighted by Crippen LogP contribution is -2.10. The zero-order chi connectivity index (χ0) is 14.3. The Labute approximate surface area is 116 Å². The predicted octanol–water partition coefficient (Wildman–Crippen LogP) is 3.69. The second-order valence-corrected chi connectivity index (χ2v) is 4.82. The van der Waals surface area contributed by atoms with Crippen LogP contribution in [0.25, 0.3) is 0 Å². The lowest BCUT2D eigenvalue weighted by molar-refractivity contribution is 0.296. The van der Waals surface area contributed by atoms with Crippen molar-refractivity contribution < 1.29 is 4.74 Å². The smallest absolute Gasteiger partial charge is 0.221 e. The quantitative estimate of drug-likeness (QED) is 0.574. The fourth-order valence-corrected chi connectivity index (χ4v) is 1.65. The number of unbranched alkanes of at least 4 members (excludes halogenated alkanes) is 1. The number of nitrogens with one attached hydrogen (secondary N) is 1. The second kappa shape index (κ2) is 7.77. The van der Waals surface area contributed by atoms with Crippen molar-refractivity contribution in [2.75, 3.05) is 18.5 Å². The average Bonchev–Trinajstić information content (AvgIpc) is 2.38. The molecule has 0 radical (unpaired) electrons. The Morgan fingerprint density at radius 3 is 2.68 bits per heavy atom. The van der Waals surface area contributed by atoms with Crippen LogP contribution in [0.3, 0.4) is 0 Å². The normalized spacial score (nSPS) is 10.6. The Balaban J connectivity index is 2.90. The lowest BCUT2D eigenvalue weighted by Gasteiger charge is -2.15.